The summed E-state index contributed by atoms with van der Waals surface area (Å²) < 4.78 is 0. The Hall–Kier alpha value is -1.49. The fourth-order valence-corrected chi connectivity index (χ4v) is 3.14. The van der Waals surface area contributed by atoms with Crippen molar-refractivity contribution in [1.29, 1.82) is 0 Å². The second-order valence-corrected chi connectivity index (χ2v) is 5.47. The number of benzene rings is 1. The summed E-state index contributed by atoms with van der Waals surface area (Å²) in [7, 11) is 0. The van der Waals surface area contributed by atoms with E-state index in [0.29, 0.717) is 12.8 Å². The summed E-state index contributed by atoms with van der Waals surface area (Å²) >= 11 is 1.50. The number of carboxylic acids is 1. The molecule has 0 aliphatic carbocycles. The molecule has 1 amide bonds. The van der Waals surface area contributed by atoms with Gasteiger partial charge in [-0.1, -0.05) is 25.1 Å². The maximum atomic E-state index is 12.0. The van der Waals surface area contributed by atoms with Crippen LogP contribution in [0.25, 0.3) is 0 Å². The maximum absolute atomic E-state index is 12.0. The minimum Gasteiger partial charge on any atom is -0.480 e. The number of carbonyl (C=O) groups is 2. The predicted molar refractivity (Wildman–Crippen MR) is 69.6 cm³/mol. The van der Waals surface area contributed by atoms with E-state index in [1.54, 1.807) is 6.92 Å². The first-order valence-electron chi connectivity index (χ1n) is 5.89. The quantitative estimate of drug-likeness (QED) is 0.869. The summed E-state index contributed by atoms with van der Waals surface area (Å²) in [6, 6.07) is 7.09. The molecule has 0 saturated carbocycles. The van der Waals surface area contributed by atoms with E-state index in [1.165, 1.54) is 11.8 Å². The highest BCUT2D eigenvalue weighted by Crippen LogP contribution is 2.36. The summed E-state index contributed by atoms with van der Waals surface area (Å²) in [6.07, 6.45) is 1.06. The van der Waals surface area contributed by atoms with Crippen LogP contribution in [-0.4, -0.2) is 28.3 Å². The molecule has 1 aliphatic rings. The molecule has 0 fully saturated rings. The molecule has 0 bridgehead atoms. The van der Waals surface area contributed by atoms with E-state index in [-0.39, 0.29) is 11.2 Å². The number of thioether (sulfide) groups is 1. The number of carbonyl (C=O) groups excluding carboxylic acids is 1. The predicted octanol–water partition coefficient (Wildman–Crippen LogP) is 1.68. The summed E-state index contributed by atoms with van der Waals surface area (Å²) in [5.74, 6) is -1.17. The minimum absolute atomic E-state index is 0.189. The zero-order valence-corrected chi connectivity index (χ0v) is 10.9. The van der Waals surface area contributed by atoms with Gasteiger partial charge in [0.1, 0.15) is 6.04 Å². The van der Waals surface area contributed by atoms with Crippen LogP contribution in [0.3, 0.4) is 0 Å². The molecule has 1 aliphatic heterocycles. The molecule has 1 unspecified atom stereocenters. The molecule has 0 aromatic heterocycles. The van der Waals surface area contributed by atoms with Crippen LogP contribution in [0.15, 0.2) is 29.2 Å². The second-order valence-electron chi connectivity index (χ2n) is 4.23. The van der Waals surface area contributed by atoms with E-state index in [0.717, 1.165) is 10.5 Å². The molecular formula is C13H15NO3S. The molecule has 0 spiro atoms. The first-order chi connectivity index (χ1) is 8.61. The van der Waals surface area contributed by atoms with Crippen LogP contribution >= 0.6 is 11.8 Å². The lowest BCUT2D eigenvalue weighted by atomic mass is 10.1. The number of hydrogen-bond acceptors (Lipinski definition) is 3. The van der Waals surface area contributed by atoms with Crippen LogP contribution in [0.4, 0.5) is 0 Å². The fraction of sp³-hybridized carbons (Fsp3) is 0.385. The Morgan fingerprint density at radius 1 is 1.50 bits per heavy atom. The van der Waals surface area contributed by atoms with Gasteiger partial charge in [0.25, 0.3) is 0 Å². The highest BCUT2D eigenvalue weighted by molar-refractivity contribution is 8.01. The van der Waals surface area contributed by atoms with E-state index in [4.69, 9.17) is 5.11 Å². The van der Waals surface area contributed by atoms with Gasteiger partial charge in [-0.3, -0.25) is 4.79 Å². The van der Waals surface area contributed by atoms with Crippen LogP contribution < -0.4 is 5.32 Å². The number of aliphatic carboxylic acids is 1. The summed E-state index contributed by atoms with van der Waals surface area (Å²) in [5.41, 5.74) is 1.16. The van der Waals surface area contributed by atoms with Crippen molar-refractivity contribution in [2.45, 2.75) is 36.0 Å². The topological polar surface area (TPSA) is 66.4 Å². The Balaban J connectivity index is 1.99. The van der Waals surface area contributed by atoms with Crippen molar-refractivity contribution in [3.63, 3.8) is 0 Å². The highest BCUT2D eigenvalue weighted by atomic mass is 32.2. The third kappa shape index (κ3) is 2.67. The van der Waals surface area contributed by atoms with Crippen molar-refractivity contribution in [1.82, 2.24) is 5.32 Å². The molecule has 2 rings (SSSR count). The number of hydrogen-bond donors (Lipinski definition) is 2. The van der Waals surface area contributed by atoms with Crippen molar-refractivity contribution < 1.29 is 14.7 Å². The number of rotatable bonds is 4. The maximum Gasteiger partial charge on any atom is 0.326 e. The lowest BCUT2D eigenvalue weighted by molar-refractivity contribution is -0.141. The monoisotopic (exact) mass is 265 g/mol. The van der Waals surface area contributed by atoms with Crippen molar-refractivity contribution in [2.75, 3.05) is 0 Å². The first-order valence-corrected chi connectivity index (χ1v) is 6.77. The lowest BCUT2D eigenvalue weighted by Gasteiger charge is -2.15. The average molecular weight is 265 g/mol. The highest BCUT2D eigenvalue weighted by Gasteiger charge is 2.30. The Labute approximate surface area is 110 Å². The van der Waals surface area contributed by atoms with Crippen LogP contribution in [0.5, 0.6) is 0 Å². The third-order valence-electron chi connectivity index (χ3n) is 2.96. The molecule has 4 nitrogen and oxygen atoms in total. The van der Waals surface area contributed by atoms with Gasteiger partial charge in [0.05, 0.1) is 5.25 Å². The van der Waals surface area contributed by atoms with Gasteiger partial charge in [-0.05, 0) is 24.5 Å². The molecule has 2 atom stereocenters. The van der Waals surface area contributed by atoms with Crippen LogP contribution in [0, 0.1) is 0 Å². The van der Waals surface area contributed by atoms with Gasteiger partial charge in [0, 0.05) is 4.90 Å². The molecule has 1 heterocycles. The van der Waals surface area contributed by atoms with Gasteiger partial charge in [0.15, 0.2) is 0 Å². The largest absolute Gasteiger partial charge is 0.480 e. The molecule has 5 heteroatoms. The zero-order valence-electron chi connectivity index (χ0n) is 10.1. The molecule has 18 heavy (non-hydrogen) atoms. The van der Waals surface area contributed by atoms with Gasteiger partial charge in [-0.25, -0.2) is 4.79 Å². The van der Waals surface area contributed by atoms with E-state index < -0.39 is 12.0 Å². The van der Waals surface area contributed by atoms with Crippen molar-refractivity contribution in [2.24, 2.45) is 0 Å². The Kier molecular flexibility index (Phi) is 3.91. The van der Waals surface area contributed by atoms with E-state index in [1.807, 2.05) is 24.3 Å². The van der Waals surface area contributed by atoms with Crippen LogP contribution in [-0.2, 0) is 16.0 Å². The smallest absolute Gasteiger partial charge is 0.326 e. The van der Waals surface area contributed by atoms with Crippen LogP contribution in [0.2, 0.25) is 0 Å². The van der Waals surface area contributed by atoms with Gasteiger partial charge < -0.3 is 10.4 Å². The number of nitrogens with one attached hydrogen (secondary N) is 1. The molecule has 2 N–H and O–H groups in total. The Bertz CT molecular complexity index is 450. The van der Waals surface area contributed by atoms with Crippen molar-refractivity contribution in [3.8, 4) is 0 Å². The molecular weight excluding hydrogens is 250 g/mol. The number of fused-ring (bicyclic) bond motifs is 1. The SMILES string of the molecule is CC[C@@H](NC(=O)C1Cc2ccccc2S1)C(=O)O. The molecule has 0 saturated heterocycles. The molecule has 0 radical (unpaired) electrons. The Morgan fingerprint density at radius 3 is 2.83 bits per heavy atom. The molecule has 1 aromatic rings. The summed E-state index contributed by atoms with van der Waals surface area (Å²) in [6.45, 7) is 1.75. The molecule has 1 aromatic carbocycles. The Morgan fingerprint density at radius 2 is 2.22 bits per heavy atom. The molecule has 96 valence electrons. The van der Waals surface area contributed by atoms with Crippen LogP contribution in [0.1, 0.15) is 18.9 Å². The standard InChI is InChI=1S/C13H15NO3S/c1-2-9(13(16)17)14-12(15)11-7-8-5-3-4-6-10(8)18-11/h3-6,9,11H,2,7H2,1H3,(H,14,15)(H,16,17)/t9-,11?/m1/s1. The summed E-state index contributed by atoms with van der Waals surface area (Å²) in [4.78, 5) is 24.0. The van der Waals surface area contributed by atoms with Crippen molar-refractivity contribution >= 4 is 23.6 Å². The fourth-order valence-electron chi connectivity index (χ4n) is 1.93. The first kappa shape index (κ1) is 13.0. The van der Waals surface area contributed by atoms with E-state index >= 15 is 0 Å². The second kappa shape index (κ2) is 5.44. The minimum atomic E-state index is -0.980. The van der Waals surface area contributed by atoms with E-state index in [2.05, 4.69) is 5.32 Å². The summed E-state index contributed by atoms with van der Waals surface area (Å²) in [5, 5.41) is 11.3. The van der Waals surface area contributed by atoms with Gasteiger partial charge >= 0.3 is 5.97 Å². The van der Waals surface area contributed by atoms with Crippen molar-refractivity contribution in [3.05, 3.63) is 29.8 Å². The number of amides is 1. The zero-order chi connectivity index (χ0) is 13.1. The lowest BCUT2D eigenvalue weighted by Crippen LogP contribution is -2.44. The third-order valence-corrected chi connectivity index (χ3v) is 4.28. The van der Waals surface area contributed by atoms with E-state index in [9.17, 15) is 9.59 Å². The van der Waals surface area contributed by atoms with Gasteiger partial charge in [0.2, 0.25) is 5.91 Å². The normalized spacial score (nSPS) is 19.1. The average Bonchev–Trinajstić information content (AvgIpc) is 2.79. The number of carboxylic acid groups (broad SMARTS) is 1. The van der Waals surface area contributed by atoms with Gasteiger partial charge in [-0.2, -0.15) is 0 Å². The van der Waals surface area contributed by atoms with Gasteiger partial charge in [-0.15, -0.1) is 11.8 Å².